The van der Waals surface area contributed by atoms with E-state index in [4.69, 9.17) is 13.9 Å². The summed E-state index contributed by atoms with van der Waals surface area (Å²) in [5, 5.41) is 3.14. The van der Waals surface area contributed by atoms with Gasteiger partial charge < -0.3 is 19.2 Å². The maximum absolute atomic E-state index is 13.6. The number of carbonyl (C=O) groups is 2. The quantitative estimate of drug-likeness (QED) is 0.635. The minimum Gasteiger partial charge on any atom is -0.459 e. The maximum Gasteiger partial charge on any atom is 0.294 e. The third-order valence-corrected chi connectivity index (χ3v) is 5.82. The number of hydrogen-bond donors (Lipinski definition) is 1. The first-order valence-electron chi connectivity index (χ1n) is 10.7. The molecule has 8 nitrogen and oxygen atoms in total. The molecule has 1 atom stereocenters. The molecule has 1 aliphatic carbocycles. The van der Waals surface area contributed by atoms with E-state index in [-0.39, 0.29) is 24.5 Å². The molecule has 3 aromatic rings. The molecule has 1 N–H and O–H groups in total. The highest BCUT2D eigenvalue weighted by Gasteiger charge is 2.36. The Balaban J connectivity index is 1.59. The molecule has 0 radical (unpaired) electrons. The average molecular weight is 433 g/mol. The lowest BCUT2D eigenvalue weighted by atomic mass is 10.0. The molecule has 5 rings (SSSR count). The Kier molecular flexibility index (Phi) is 5.49. The molecule has 1 saturated carbocycles. The van der Waals surface area contributed by atoms with Gasteiger partial charge in [0.2, 0.25) is 12.7 Å². The van der Waals surface area contributed by atoms with E-state index < -0.39 is 11.9 Å². The summed E-state index contributed by atoms with van der Waals surface area (Å²) in [6.45, 7) is 0.112. The third kappa shape index (κ3) is 3.91. The molecule has 0 spiro atoms. The number of ether oxygens (including phenoxy) is 2. The van der Waals surface area contributed by atoms with E-state index in [2.05, 4.69) is 10.3 Å². The molecule has 2 aromatic heterocycles. The first-order valence-corrected chi connectivity index (χ1v) is 10.7. The average Bonchev–Trinajstić information content (AvgIpc) is 3.60. The summed E-state index contributed by atoms with van der Waals surface area (Å²) in [5.74, 6) is 0.563. The lowest BCUT2D eigenvalue weighted by Gasteiger charge is -2.31. The van der Waals surface area contributed by atoms with Gasteiger partial charge in [-0.1, -0.05) is 12.8 Å². The van der Waals surface area contributed by atoms with Gasteiger partial charge in [-0.15, -0.1) is 0 Å². The second-order valence-corrected chi connectivity index (χ2v) is 7.86. The van der Waals surface area contributed by atoms with Crippen molar-refractivity contribution in [3.8, 4) is 11.5 Å². The van der Waals surface area contributed by atoms with E-state index >= 15 is 0 Å². The number of aromatic nitrogens is 1. The molecule has 1 aliphatic heterocycles. The van der Waals surface area contributed by atoms with Crippen LogP contribution in [0, 0.1) is 0 Å². The number of hydrogen-bond acceptors (Lipinski definition) is 6. The number of pyridine rings is 1. The van der Waals surface area contributed by atoms with E-state index in [0.717, 1.165) is 25.7 Å². The van der Waals surface area contributed by atoms with E-state index in [0.29, 0.717) is 22.7 Å². The number of furan rings is 1. The molecule has 0 bridgehead atoms. The van der Waals surface area contributed by atoms with Crippen molar-refractivity contribution < 1.29 is 23.5 Å². The predicted molar refractivity (Wildman–Crippen MR) is 115 cm³/mol. The number of anilines is 1. The fourth-order valence-electron chi connectivity index (χ4n) is 4.25. The smallest absolute Gasteiger partial charge is 0.294 e. The second-order valence-electron chi connectivity index (χ2n) is 7.86. The van der Waals surface area contributed by atoms with Crippen LogP contribution in [0.15, 0.2) is 65.5 Å². The predicted octanol–water partition coefficient (Wildman–Crippen LogP) is 3.85. The van der Waals surface area contributed by atoms with E-state index in [1.165, 1.54) is 11.2 Å². The Labute approximate surface area is 185 Å². The molecule has 1 aromatic carbocycles. The molecule has 164 valence electrons. The third-order valence-electron chi connectivity index (χ3n) is 5.82. The second kappa shape index (κ2) is 8.74. The molecular formula is C24H23N3O5. The molecule has 8 heteroatoms. The van der Waals surface area contributed by atoms with Gasteiger partial charge in [0, 0.05) is 30.2 Å². The van der Waals surface area contributed by atoms with Crippen LogP contribution in [0.1, 0.15) is 47.8 Å². The molecule has 2 amide bonds. The van der Waals surface area contributed by atoms with Crippen molar-refractivity contribution in [1.82, 2.24) is 10.3 Å². The number of fused-ring (bicyclic) bond motifs is 1. The maximum atomic E-state index is 13.6. The van der Waals surface area contributed by atoms with Crippen molar-refractivity contribution in [3.63, 3.8) is 0 Å². The van der Waals surface area contributed by atoms with Crippen molar-refractivity contribution in [2.45, 2.75) is 37.8 Å². The summed E-state index contributed by atoms with van der Waals surface area (Å²) in [6.07, 6.45) is 8.70. The zero-order chi connectivity index (χ0) is 21.9. The monoisotopic (exact) mass is 433 g/mol. The normalized spacial score (nSPS) is 16.0. The first-order chi connectivity index (χ1) is 15.7. The van der Waals surface area contributed by atoms with Gasteiger partial charge in [-0.2, -0.15) is 0 Å². The van der Waals surface area contributed by atoms with Crippen LogP contribution in [0.25, 0.3) is 0 Å². The molecule has 2 aliphatic rings. The summed E-state index contributed by atoms with van der Waals surface area (Å²) in [7, 11) is 0. The SMILES string of the molecule is O=C(NC1CCCC1)[C@@H](c1ccncc1)N(C(=O)c1ccco1)c1ccc2c(c1)OCO2. The van der Waals surface area contributed by atoms with Crippen LogP contribution < -0.4 is 19.7 Å². The van der Waals surface area contributed by atoms with Crippen molar-refractivity contribution in [2.24, 2.45) is 0 Å². The van der Waals surface area contributed by atoms with Crippen LogP contribution >= 0.6 is 0 Å². The van der Waals surface area contributed by atoms with Gasteiger partial charge in [-0.3, -0.25) is 19.5 Å². The topological polar surface area (TPSA) is 93.9 Å². The summed E-state index contributed by atoms with van der Waals surface area (Å²) < 4.78 is 16.3. The molecule has 32 heavy (non-hydrogen) atoms. The van der Waals surface area contributed by atoms with Gasteiger partial charge in [0.05, 0.1) is 6.26 Å². The Hall–Kier alpha value is -3.81. The molecule has 1 fully saturated rings. The van der Waals surface area contributed by atoms with Crippen LogP contribution in [0.3, 0.4) is 0 Å². The van der Waals surface area contributed by atoms with Gasteiger partial charge in [-0.25, -0.2) is 0 Å². The largest absolute Gasteiger partial charge is 0.459 e. The van der Waals surface area contributed by atoms with Crippen LogP contribution in [0.2, 0.25) is 0 Å². The Bertz CT molecular complexity index is 1090. The highest BCUT2D eigenvalue weighted by Crippen LogP contribution is 2.38. The Morgan fingerprint density at radius 1 is 1.03 bits per heavy atom. The van der Waals surface area contributed by atoms with Gasteiger partial charge in [0.15, 0.2) is 17.3 Å². The lowest BCUT2D eigenvalue weighted by molar-refractivity contribution is -0.123. The molecular weight excluding hydrogens is 410 g/mol. The van der Waals surface area contributed by atoms with E-state index in [1.54, 1.807) is 54.9 Å². The standard InChI is InChI=1S/C24H23N3O5/c28-23(26-17-4-1-2-5-17)22(16-9-11-25-12-10-16)27(24(29)20-6-3-13-30-20)18-7-8-19-21(14-18)32-15-31-19/h3,6-14,17,22H,1-2,4-5,15H2,(H,26,28)/t22-/m1/s1. The van der Waals surface area contributed by atoms with Crippen LogP contribution in [0.5, 0.6) is 11.5 Å². The lowest BCUT2D eigenvalue weighted by Crippen LogP contribution is -2.46. The van der Waals surface area contributed by atoms with E-state index in [1.807, 2.05) is 0 Å². The number of amides is 2. The number of carbonyl (C=O) groups excluding carboxylic acids is 2. The van der Waals surface area contributed by atoms with E-state index in [9.17, 15) is 9.59 Å². The minimum absolute atomic E-state index is 0.101. The number of nitrogens with zero attached hydrogens (tertiary/aromatic N) is 2. The number of benzene rings is 1. The Morgan fingerprint density at radius 3 is 2.56 bits per heavy atom. The molecule has 3 heterocycles. The molecule has 0 saturated heterocycles. The van der Waals surface area contributed by atoms with Crippen molar-refractivity contribution in [3.05, 3.63) is 72.4 Å². The first kappa shape index (κ1) is 20.1. The molecule has 0 unspecified atom stereocenters. The van der Waals surface area contributed by atoms with Crippen LogP contribution in [-0.4, -0.2) is 29.6 Å². The fourth-order valence-corrected chi connectivity index (χ4v) is 4.25. The van der Waals surface area contributed by atoms with Crippen molar-refractivity contribution in [2.75, 3.05) is 11.7 Å². The highest BCUT2D eigenvalue weighted by molar-refractivity contribution is 6.08. The van der Waals surface area contributed by atoms with Crippen molar-refractivity contribution >= 4 is 17.5 Å². The fraction of sp³-hybridized carbons (Fsp3) is 0.292. The summed E-state index contributed by atoms with van der Waals surface area (Å²) in [5.41, 5.74) is 1.15. The van der Waals surface area contributed by atoms with Gasteiger partial charge in [0.1, 0.15) is 6.04 Å². The summed E-state index contributed by atoms with van der Waals surface area (Å²) in [4.78, 5) is 32.8. The Morgan fingerprint density at radius 2 is 1.81 bits per heavy atom. The highest BCUT2D eigenvalue weighted by atomic mass is 16.7. The van der Waals surface area contributed by atoms with Crippen LogP contribution in [0.4, 0.5) is 5.69 Å². The van der Waals surface area contributed by atoms with Gasteiger partial charge in [-0.05, 0) is 54.8 Å². The zero-order valence-corrected chi connectivity index (χ0v) is 17.4. The van der Waals surface area contributed by atoms with Crippen LogP contribution in [-0.2, 0) is 4.79 Å². The van der Waals surface area contributed by atoms with Gasteiger partial charge >= 0.3 is 0 Å². The van der Waals surface area contributed by atoms with Gasteiger partial charge in [0.25, 0.3) is 5.91 Å². The zero-order valence-electron chi connectivity index (χ0n) is 17.4. The summed E-state index contributed by atoms with van der Waals surface area (Å²) in [6, 6.07) is 11.1. The van der Waals surface area contributed by atoms with Crippen molar-refractivity contribution in [1.29, 1.82) is 0 Å². The minimum atomic E-state index is -0.920. The summed E-state index contributed by atoms with van der Waals surface area (Å²) >= 11 is 0. The number of nitrogens with one attached hydrogen (secondary N) is 1. The number of rotatable bonds is 6.